The van der Waals surface area contributed by atoms with Gasteiger partial charge in [0.25, 0.3) is 5.91 Å². The van der Waals surface area contributed by atoms with Gasteiger partial charge in [-0.2, -0.15) is 5.10 Å². The Kier molecular flexibility index (Phi) is 3.05. The number of pyridine rings is 1. The van der Waals surface area contributed by atoms with Crippen molar-refractivity contribution >= 4 is 17.7 Å². The summed E-state index contributed by atoms with van der Waals surface area (Å²) in [4.78, 5) is 26.1. The summed E-state index contributed by atoms with van der Waals surface area (Å²) in [7, 11) is 1.73. The van der Waals surface area contributed by atoms with Gasteiger partial charge in [0.1, 0.15) is 5.69 Å². The number of hydrogen-bond donors (Lipinski definition) is 2. The molecule has 2 N–H and O–H groups in total. The van der Waals surface area contributed by atoms with Crippen molar-refractivity contribution in [2.75, 3.05) is 5.32 Å². The van der Waals surface area contributed by atoms with Gasteiger partial charge in [0.2, 0.25) is 0 Å². The summed E-state index contributed by atoms with van der Waals surface area (Å²) in [5.41, 5.74) is 0.162. The lowest BCUT2D eigenvalue weighted by Crippen LogP contribution is -2.14. The number of amides is 1. The first kappa shape index (κ1) is 11.8. The first-order chi connectivity index (χ1) is 8.56. The molecule has 2 heterocycles. The van der Waals surface area contributed by atoms with Crippen LogP contribution in [0.3, 0.4) is 0 Å². The minimum absolute atomic E-state index is 0.0318. The SMILES string of the molecule is Cn1ccc(NC(=O)c2ccc(C(=O)O)cn2)n1. The van der Waals surface area contributed by atoms with Gasteiger partial charge in [0.05, 0.1) is 5.56 Å². The number of rotatable bonds is 3. The third-order valence-electron chi connectivity index (χ3n) is 2.20. The number of nitrogens with one attached hydrogen (secondary N) is 1. The Bertz CT molecular complexity index is 589. The van der Waals surface area contributed by atoms with Crippen LogP contribution in [-0.4, -0.2) is 31.7 Å². The highest BCUT2D eigenvalue weighted by Crippen LogP contribution is 2.05. The zero-order chi connectivity index (χ0) is 13.1. The quantitative estimate of drug-likeness (QED) is 0.833. The smallest absolute Gasteiger partial charge is 0.337 e. The number of nitrogens with zero attached hydrogens (tertiary/aromatic N) is 3. The van der Waals surface area contributed by atoms with Crippen molar-refractivity contribution in [3.8, 4) is 0 Å². The molecule has 2 aromatic rings. The molecular formula is C11H10N4O3. The average Bonchev–Trinajstić information content (AvgIpc) is 2.75. The maximum Gasteiger partial charge on any atom is 0.337 e. The van der Waals surface area contributed by atoms with E-state index in [1.54, 1.807) is 24.0 Å². The molecule has 92 valence electrons. The lowest BCUT2D eigenvalue weighted by molar-refractivity contribution is 0.0696. The van der Waals surface area contributed by atoms with Crippen molar-refractivity contribution in [3.63, 3.8) is 0 Å². The molecule has 0 saturated heterocycles. The molecule has 0 fully saturated rings. The third-order valence-corrected chi connectivity index (χ3v) is 2.20. The summed E-state index contributed by atoms with van der Waals surface area (Å²) in [5.74, 6) is -1.11. The molecule has 0 unspecified atom stereocenters. The molecule has 0 aliphatic rings. The molecule has 0 atom stereocenters. The standard InChI is InChI=1S/C11H10N4O3/c1-15-5-4-9(14-15)13-10(16)8-3-2-7(6-12-8)11(17)18/h2-6H,1H3,(H,17,18)(H,13,14,16). The minimum Gasteiger partial charge on any atom is -0.478 e. The molecule has 0 aromatic carbocycles. The fraction of sp³-hybridized carbons (Fsp3) is 0.0909. The van der Waals surface area contributed by atoms with Crippen molar-refractivity contribution in [1.82, 2.24) is 14.8 Å². The lowest BCUT2D eigenvalue weighted by atomic mass is 10.2. The van der Waals surface area contributed by atoms with Crippen LogP contribution >= 0.6 is 0 Å². The summed E-state index contributed by atoms with van der Waals surface area (Å²) in [6.07, 6.45) is 2.83. The van der Waals surface area contributed by atoms with Gasteiger partial charge in [-0.15, -0.1) is 0 Å². The predicted octanol–water partition coefficient (Wildman–Crippen LogP) is 0.766. The molecule has 0 saturated carbocycles. The molecule has 7 heteroatoms. The van der Waals surface area contributed by atoms with Crippen LogP contribution in [0.15, 0.2) is 30.6 Å². The minimum atomic E-state index is -1.08. The first-order valence-electron chi connectivity index (χ1n) is 5.06. The highest BCUT2D eigenvalue weighted by atomic mass is 16.4. The van der Waals surface area contributed by atoms with Crippen LogP contribution in [-0.2, 0) is 7.05 Å². The number of aryl methyl sites for hydroxylation is 1. The lowest BCUT2D eigenvalue weighted by Gasteiger charge is -2.01. The first-order valence-corrected chi connectivity index (χ1v) is 5.06. The molecule has 0 spiro atoms. The van der Waals surface area contributed by atoms with Crippen LogP contribution < -0.4 is 5.32 Å². The number of carboxylic acids is 1. The van der Waals surface area contributed by atoms with Crippen molar-refractivity contribution in [1.29, 1.82) is 0 Å². The van der Waals surface area contributed by atoms with Gasteiger partial charge in [-0.25, -0.2) is 4.79 Å². The van der Waals surface area contributed by atoms with Gasteiger partial charge in [0.15, 0.2) is 5.82 Å². The highest BCUT2D eigenvalue weighted by Gasteiger charge is 2.10. The van der Waals surface area contributed by atoms with Gasteiger partial charge in [-0.1, -0.05) is 0 Å². The van der Waals surface area contributed by atoms with E-state index in [4.69, 9.17) is 5.11 Å². The largest absolute Gasteiger partial charge is 0.478 e. The maximum atomic E-state index is 11.7. The molecule has 0 bridgehead atoms. The molecule has 7 nitrogen and oxygen atoms in total. The van der Waals surface area contributed by atoms with E-state index in [1.807, 2.05) is 0 Å². The van der Waals surface area contributed by atoms with Gasteiger partial charge in [-0.05, 0) is 12.1 Å². The van der Waals surface area contributed by atoms with Crippen molar-refractivity contribution in [2.24, 2.45) is 7.05 Å². The molecule has 18 heavy (non-hydrogen) atoms. The van der Waals surface area contributed by atoms with Gasteiger partial charge < -0.3 is 10.4 Å². The van der Waals surface area contributed by atoms with E-state index >= 15 is 0 Å². The Morgan fingerprint density at radius 3 is 2.61 bits per heavy atom. The number of aromatic nitrogens is 3. The van der Waals surface area contributed by atoms with E-state index in [0.717, 1.165) is 6.20 Å². The number of aromatic carboxylic acids is 1. The van der Waals surface area contributed by atoms with Crippen LogP contribution in [0.5, 0.6) is 0 Å². The van der Waals surface area contributed by atoms with Crippen LogP contribution in [0, 0.1) is 0 Å². The zero-order valence-electron chi connectivity index (χ0n) is 9.49. The van der Waals surface area contributed by atoms with Crippen molar-refractivity contribution in [2.45, 2.75) is 0 Å². The maximum absolute atomic E-state index is 11.7. The summed E-state index contributed by atoms with van der Waals surface area (Å²) in [6, 6.07) is 4.31. The van der Waals surface area contributed by atoms with Crippen LogP contribution in [0.25, 0.3) is 0 Å². The Hall–Kier alpha value is -2.70. The van der Waals surface area contributed by atoms with E-state index in [9.17, 15) is 9.59 Å². The monoisotopic (exact) mass is 246 g/mol. The molecule has 0 aliphatic heterocycles. The van der Waals surface area contributed by atoms with Gasteiger partial charge in [-0.3, -0.25) is 14.5 Å². The predicted molar refractivity (Wildman–Crippen MR) is 62.4 cm³/mol. The van der Waals surface area contributed by atoms with Crippen LogP contribution in [0.4, 0.5) is 5.82 Å². The Labute approximate surface area is 102 Å². The molecular weight excluding hydrogens is 236 g/mol. The Balaban J connectivity index is 2.11. The molecule has 0 aliphatic carbocycles. The second-order valence-corrected chi connectivity index (χ2v) is 3.57. The second kappa shape index (κ2) is 4.66. The normalized spacial score (nSPS) is 10.1. The third kappa shape index (κ3) is 2.51. The van der Waals surface area contributed by atoms with Crippen molar-refractivity contribution < 1.29 is 14.7 Å². The average molecular weight is 246 g/mol. The fourth-order valence-corrected chi connectivity index (χ4v) is 1.32. The zero-order valence-corrected chi connectivity index (χ0v) is 9.49. The van der Waals surface area contributed by atoms with E-state index in [0.29, 0.717) is 5.82 Å². The summed E-state index contributed by atoms with van der Waals surface area (Å²) < 4.78 is 1.55. The topological polar surface area (TPSA) is 97.1 Å². The van der Waals surface area contributed by atoms with E-state index in [2.05, 4.69) is 15.4 Å². The van der Waals surface area contributed by atoms with E-state index in [1.165, 1.54) is 12.1 Å². The van der Waals surface area contributed by atoms with Crippen LogP contribution in [0.1, 0.15) is 20.8 Å². The highest BCUT2D eigenvalue weighted by molar-refractivity contribution is 6.02. The molecule has 0 radical (unpaired) electrons. The summed E-state index contributed by atoms with van der Waals surface area (Å²) >= 11 is 0. The Morgan fingerprint density at radius 2 is 2.11 bits per heavy atom. The van der Waals surface area contributed by atoms with E-state index in [-0.39, 0.29) is 11.3 Å². The fourth-order valence-electron chi connectivity index (χ4n) is 1.32. The van der Waals surface area contributed by atoms with Gasteiger partial charge in [0, 0.05) is 25.5 Å². The van der Waals surface area contributed by atoms with E-state index < -0.39 is 11.9 Å². The number of hydrogen-bond acceptors (Lipinski definition) is 4. The second-order valence-electron chi connectivity index (χ2n) is 3.57. The molecule has 2 aromatic heterocycles. The molecule has 2 rings (SSSR count). The summed E-state index contributed by atoms with van der Waals surface area (Å²) in [5, 5.41) is 15.2. The number of carbonyl (C=O) groups excluding carboxylic acids is 1. The summed E-state index contributed by atoms with van der Waals surface area (Å²) in [6.45, 7) is 0. The Morgan fingerprint density at radius 1 is 1.33 bits per heavy atom. The number of carboxylic acid groups (broad SMARTS) is 1. The molecule has 1 amide bonds. The number of anilines is 1. The van der Waals surface area contributed by atoms with Crippen LogP contribution in [0.2, 0.25) is 0 Å². The number of carbonyl (C=O) groups is 2. The van der Waals surface area contributed by atoms with Crippen molar-refractivity contribution in [3.05, 3.63) is 41.9 Å². The van der Waals surface area contributed by atoms with Gasteiger partial charge >= 0.3 is 5.97 Å².